The molecule has 0 aliphatic heterocycles. The summed E-state index contributed by atoms with van der Waals surface area (Å²) in [5, 5.41) is 2.63. The first kappa shape index (κ1) is 16.3. The van der Waals surface area contributed by atoms with Crippen LogP contribution in [-0.2, 0) is 5.41 Å². The minimum Gasteiger partial charge on any atom is -0.256 e. The van der Waals surface area contributed by atoms with Crippen molar-refractivity contribution in [2.45, 2.75) is 33.1 Å². The molecule has 0 N–H and O–H groups in total. The van der Waals surface area contributed by atoms with Crippen LogP contribution in [0.15, 0.2) is 66.9 Å². The summed E-state index contributed by atoms with van der Waals surface area (Å²) in [4.78, 5) is 4.85. The van der Waals surface area contributed by atoms with Crippen LogP contribution in [0.5, 0.6) is 0 Å². The third kappa shape index (κ3) is 2.21. The Kier molecular flexibility index (Phi) is 3.33. The first-order chi connectivity index (χ1) is 13.0. The second-order valence-corrected chi connectivity index (χ2v) is 8.22. The van der Waals surface area contributed by atoms with Crippen molar-refractivity contribution < 1.29 is 0 Å². The Hall–Kier alpha value is -2.93. The van der Waals surface area contributed by atoms with E-state index in [1.807, 2.05) is 6.20 Å². The fourth-order valence-electron chi connectivity index (χ4n) is 4.63. The van der Waals surface area contributed by atoms with Crippen LogP contribution in [0.2, 0.25) is 0 Å². The fraction of sp³-hybridized carbons (Fsp3) is 0.192. The quantitative estimate of drug-likeness (QED) is 0.367. The normalized spacial score (nSPS) is 14.2. The average Bonchev–Trinajstić information content (AvgIpc) is 2.92. The van der Waals surface area contributed by atoms with Gasteiger partial charge in [-0.1, -0.05) is 62.4 Å². The number of rotatable bonds is 1. The average molecular weight is 349 g/mol. The van der Waals surface area contributed by atoms with Crippen molar-refractivity contribution in [1.29, 1.82) is 0 Å². The SMILES string of the molecule is Cc1ccc(-c2nccc3c2C(C)(C)c2ccc4ccccc4c2-3)cc1C. The Morgan fingerprint density at radius 1 is 0.815 bits per heavy atom. The van der Waals surface area contributed by atoms with E-state index in [-0.39, 0.29) is 5.41 Å². The van der Waals surface area contributed by atoms with E-state index in [9.17, 15) is 0 Å². The van der Waals surface area contributed by atoms with Crippen LogP contribution in [0.3, 0.4) is 0 Å². The molecule has 3 aromatic carbocycles. The van der Waals surface area contributed by atoms with Crippen LogP contribution >= 0.6 is 0 Å². The van der Waals surface area contributed by atoms with Gasteiger partial charge in [0.25, 0.3) is 0 Å². The Balaban J connectivity index is 1.86. The van der Waals surface area contributed by atoms with Crippen LogP contribution in [-0.4, -0.2) is 4.98 Å². The largest absolute Gasteiger partial charge is 0.256 e. The molecule has 1 heterocycles. The summed E-state index contributed by atoms with van der Waals surface area (Å²) >= 11 is 0. The Labute approximate surface area is 160 Å². The predicted octanol–water partition coefficient (Wildman–Crippen LogP) is 6.82. The molecule has 27 heavy (non-hydrogen) atoms. The van der Waals surface area contributed by atoms with E-state index in [4.69, 9.17) is 4.98 Å². The summed E-state index contributed by atoms with van der Waals surface area (Å²) < 4.78 is 0. The summed E-state index contributed by atoms with van der Waals surface area (Å²) in [7, 11) is 0. The number of nitrogens with zero attached hydrogens (tertiary/aromatic N) is 1. The number of aryl methyl sites for hydroxylation is 2. The van der Waals surface area contributed by atoms with Gasteiger partial charge in [-0.2, -0.15) is 0 Å². The molecule has 0 saturated carbocycles. The number of hydrogen-bond acceptors (Lipinski definition) is 1. The van der Waals surface area contributed by atoms with Crippen LogP contribution in [0, 0.1) is 13.8 Å². The molecule has 1 aliphatic rings. The van der Waals surface area contributed by atoms with Crippen molar-refractivity contribution in [1.82, 2.24) is 4.98 Å². The summed E-state index contributed by atoms with van der Waals surface area (Å²) in [5.41, 5.74) is 10.3. The van der Waals surface area contributed by atoms with Crippen molar-refractivity contribution in [2.75, 3.05) is 0 Å². The van der Waals surface area contributed by atoms with E-state index in [0.29, 0.717) is 0 Å². The lowest BCUT2D eigenvalue weighted by atomic mass is 9.80. The minimum absolute atomic E-state index is 0.0723. The van der Waals surface area contributed by atoms with E-state index in [0.717, 1.165) is 5.69 Å². The Bertz CT molecular complexity index is 1210. The number of benzene rings is 3. The van der Waals surface area contributed by atoms with Gasteiger partial charge in [0.15, 0.2) is 0 Å². The summed E-state index contributed by atoms with van der Waals surface area (Å²) in [6, 6.07) is 22.1. The number of aromatic nitrogens is 1. The van der Waals surface area contributed by atoms with Crippen molar-refractivity contribution in [3.8, 4) is 22.4 Å². The molecule has 1 nitrogen and oxygen atoms in total. The molecule has 0 spiro atoms. The van der Waals surface area contributed by atoms with E-state index in [1.165, 1.54) is 49.7 Å². The molecule has 1 aromatic heterocycles. The van der Waals surface area contributed by atoms with Gasteiger partial charge < -0.3 is 0 Å². The first-order valence-corrected chi connectivity index (χ1v) is 9.58. The molecule has 1 aliphatic carbocycles. The first-order valence-electron chi connectivity index (χ1n) is 9.58. The third-order valence-electron chi connectivity index (χ3n) is 6.23. The molecule has 4 aromatic rings. The van der Waals surface area contributed by atoms with Gasteiger partial charge in [-0.25, -0.2) is 0 Å². The van der Waals surface area contributed by atoms with E-state index in [2.05, 4.69) is 88.4 Å². The monoisotopic (exact) mass is 349 g/mol. The highest BCUT2D eigenvalue weighted by atomic mass is 14.7. The lowest BCUT2D eigenvalue weighted by Gasteiger charge is -2.24. The topological polar surface area (TPSA) is 12.9 Å². The van der Waals surface area contributed by atoms with Gasteiger partial charge in [0.1, 0.15) is 0 Å². The Morgan fingerprint density at radius 3 is 2.44 bits per heavy atom. The van der Waals surface area contributed by atoms with Crippen molar-refractivity contribution >= 4 is 10.8 Å². The van der Waals surface area contributed by atoms with E-state index in [1.54, 1.807) is 0 Å². The standard InChI is InChI=1S/C26H23N/c1-16-9-10-19(15-17(16)2)25-24-21(13-14-27-25)23-20-8-6-5-7-18(20)11-12-22(23)26(24,3)4/h5-15H,1-4H3. The van der Waals surface area contributed by atoms with Gasteiger partial charge >= 0.3 is 0 Å². The molecule has 0 fully saturated rings. The van der Waals surface area contributed by atoms with Gasteiger partial charge in [0.05, 0.1) is 5.69 Å². The summed E-state index contributed by atoms with van der Waals surface area (Å²) in [5.74, 6) is 0. The maximum Gasteiger partial charge on any atom is 0.0749 e. The highest BCUT2D eigenvalue weighted by Crippen LogP contribution is 2.53. The van der Waals surface area contributed by atoms with Crippen LogP contribution in [0.1, 0.15) is 36.1 Å². The van der Waals surface area contributed by atoms with Gasteiger partial charge in [0.2, 0.25) is 0 Å². The molecular formula is C26H23N. The Morgan fingerprint density at radius 2 is 1.63 bits per heavy atom. The van der Waals surface area contributed by atoms with Gasteiger partial charge in [0, 0.05) is 17.2 Å². The highest BCUT2D eigenvalue weighted by molar-refractivity contribution is 6.03. The predicted molar refractivity (Wildman–Crippen MR) is 114 cm³/mol. The minimum atomic E-state index is -0.0723. The second-order valence-electron chi connectivity index (χ2n) is 8.22. The maximum absolute atomic E-state index is 4.85. The van der Waals surface area contributed by atoms with Crippen LogP contribution in [0.4, 0.5) is 0 Å². The molecule has 132 valence electrons. The van der Waals surface area contributed by atoms with Crippen molar-refractivity contribution in [3.05, 3.63) is 89.1 Å². The van der Waals surface area contributed by atoms with Crippen LogP contribution in [0.25, 0.3) is 33.2 Å². The molecule has 5 rings (SSSR count). The molecule has 0 bridgehead atoms. The van der Waals surface area contributed by atoms with Gasteiger partial charge in [-0.15, -0.1) is 0 Å². The molecule has 0 unspecified atom stereocenters. The van der Waals surface area contributed by atoms with Crippen molar-refractivity contribution in [3.63, 3.8) is 0 Å². The maximum atomic E-state index is 4.85. The lowest BCUT2D eigenvalue weighted by Crippen LogP contribution is -2.16. The molecule has 1 heteroatoms. The zero-order valence-electron chi connectivity index (χ0n) is 16.3. The van der Waals surface area contributed by atoms with Gasteiger partial charge in [-0.3, -0.25) is 4.98 Å². The molecule has 0 radical (unpaired) electrons. The van der Waals surface area contributed by atoms with Gasteiger partial charge in [-0.05, 0) is 70.1 Å². The highest BCUT2D eigenvalue weighted by Gasteiger charge is 2.39. The molecule has 0 amide bonds. The summed E-state index contributed by atoms with van der Waals surface area (Å²) in [6.45, 7) is 9.00. The smallest absolute Gasteiger partial charge is 0.0749 e. The van der Waals surface area contributed by atoms with Crippen molar-refractivity contribution in [2.24, 2.45) is 0 Å². The molecule has 0 atom stereocenters. The van der Waals surface area contributed by atoms with E-state index >= 15 is 0 Å². The third-order valence-corrected chi connectivity index (χ3v) is 6.23. The van der Waals surface area contributed by atoms with Crippen LogP contribution < -0.4 is 0 Å². The molecule has 0 saturated heterocycles. The van der Waals surface area contributed by atoms with E-state index < -0.39 is 0 Å². The lowest BCUT2D eigenvalue weighted by molar-refractivity contribution is 0.660. The fourth-order valence-corrected chi connectivity index (χ4v) is 4.63. The summed E-state index contributed by atoms with van der Waals surface area (Å²) in [6.07, 6.45) is 1.97. The number of hydrogen-bond donors (Lipinski definition) is 0. The molecular weight excluding hydrogens is 326 g/mol. The number of fused-ring (bicyclic) bond motifs is 5. The number of pyridine rings is 1. The second kappa shape index (κ2) is 5.53. The zero-order chi connectivity index (χ0) is 18.8. The zero-order valence-corrected chi connectivity index (χ0v) is 16.3.